The Morgan fingerprint density at radius 2 is 2.11 bits per heavy atom. The maximum absolute atomic E-state index is 6.14. The lowest BCUT2D eigenvalue weighted by atomic mass is 9.64. The maximum Gasteiger partial charge on any atom is 0.120 e. The van der Waals surface area contributed by atoms with Gasteiger partial charge in [0.15, 0.2) is 0 Å². The Morgan fingerprint density at radius 1 is 1.37 bits per heavy atom. The highest BCUT2D eigenvalue weighted by Crippen LogP contribution is 2.43. The fourth-order valence-corrected chi connectivity index (χ4v) is 2.99. The molecule has 1 N–H and O–H groups in total. The summed E-state index contributed by atoms with van der Waals surface area (Å²) in [5, 5.41) is 4.35. The van der Waals surface area contributed by atoms with Gasteiger partial charge in [0.2, 0.25) is 0 Å². The molecule has 0 spiro atoms. The number of hydrogen-bond acceptors (Lipinski definition) is 2. The summed E-state index contributed by atoms with van der Waals surface area (Å²) in [6.45, 7) is 9.81. The third kappa shape index (κ3) is 2.90. The molecule has 2 unspecified atom stereocenters. The van der Waals surface area contributed by atoms with Gasteiger partial charge < -0.3 is 10.1 Å². The molecule has 0 bridgehead atoms. The van der Waals surface area contributed by atoms with E-state index in [2.05, 4.69) is 39.1 Å². The molecule has 19 heavy (non-hydrogen) atoms. The van der Waals surface area contributed by atoms with Crippen LogP contribution in [0.3, 0.4) is 0 Å². The molecule has 0 amide bonds. The van der Waals surface area contributed by atoms with Crippen molar-refractivity contribution in [3.8, 4) is 5.75 Å². The predicted octanol–water partition coefficient (Wildman–Crippen LogP) is 4.06. The average molecular weight is 282 g/mol. The standard InChI is InChI=1S/C16H24ClNO/c1-5-11-9-12(7-8-13(11)17)19-15-10-14(18-6-2)16(15,3)4/h7-9,14-15,18H,5-6,10H2,1-4H3. The lowest BCUT2D eigenvalue weighted by Crippen LogP contribution is -2.62. The third-order valence-electron chi connectivity index (χ3n) is 4.30. The van der Waals surface area contributed by atoms with E-state index in [9.17, 15) is 0 Å². The third-order valence-corrected chi connectivity index (χ3v) is 4.67. The first-order valence-electron chi connectivity index (χ1n) is 7.17. The van der Waals surface area contributed by atoms with Crippen LogP contribution in [0.5, 0.6) is 5.75 Å². The van der Waals surface area contributed by atoms with Crippen molar-refractivity contribution in [3.05, 3.63) is 28.8 Å². The Labute approximate surface area is 121 Å². The number of aryl methyl sites for hydroxylation is 1. The average Bonchev–Trinajstić information content (AvgIpc) is 2.39. The topological polar surface area (TPSA) is 21.3 Å². The van der Waals surface area contributed by atoms with Crippen molar-refractivity contribution in [1.82, 2.24) is 5.32 Å². The minimum Gasteiger partial charge on any atom is -0.490 e. The molecule has 0 radical (unpaired) electrons. The predicted molar refractivity (Wildman–Crippen MR) is 81.1 cm³/mol. The van der Waals surface area contributed by atoms with E-state index in [0.717, 1.165) is 35.7 Å². The van der Waals surface area contributed by atoms with Crippen LogP contribution in [0.2, 0.25) is 5.02 Å². The molecule has 2 rings (SSSR count). The highest BCUT2D eigenvalue weighted by atomic mass is 35.5. The summed E-state index contributed by atoms with van der Waals surface area (Å²) in [5.41, 5.74) is 1.33. The second kappa shape index (κ2) is 5.72. The van der Waals surface area contributed by atoms with Gasteiger partial charge in [0.1, 0.15) is 11.9 Å². The Balaban J connectivity index is 2.03. The second-order valence-corrected chi connectivity index (χ2v) is 6.29. The number of nitrogens with one attached hydrogen (secondary N) is 1. The lowest BCUT2D eigenvalue weighted by molar-refractivity contribution is -0.0541. The number of rotatable bonds is 5. The van der Waals surface area contributed by atoms with E-state index >= 15 is 0 Å². The molecule has 0 heterocycles. The summed E-state index contributed by atoms with van der Waals surface area (Å²) in [7, 11) is 0. The molecule has 106 valence electrons. The van der Waals surface area contributed by atoms with Crippen LogP contribution in [0.1, 0.15) is 39.7 Å². The number of benzene rings is 1. The number of ether oxygens (including phenoxy) is 1. The van der Waals surface area contributed by atoms with E-state index in [0.29, 0.717) is 6.04 Å². The fraction of sp³-hybridized carbons (Fsp3) is 0.625. The quantitative estimate of drug-likeness (QED) is 0.879. The van der Waals surface area contributed by atoms with Gasteiger partial charge in [-0.25, -0.2) is 0 Å². The van der Waals surface area contributed by atoms with Gasteiger partial charge >= 0.3 is 0 Å². The lowest BCUT2D eigenvalue weighted by Gasteiger charge is -2.51. The van der Waals surface area contributed by atoms with Crippen LogP contribution in [-0.4, -0.2) is 18.7 Å². The van der Waals surface area contributed by atoms with E-state index in [1.807, 2.05) is 12.1 Å². The first kappa shape index (κ1) is 14.7. The van der Waals surface area contributed by atoms with Crippen LogP contribution in [-0.2, 0) is 6.42 Å². The SMILES string of the molecule is CCNC1CC(Oc2ccc(Cl)c(CC)c2)C1(C)C. The van der Waals surface area contributed by atoms with Crippen LogP contribution < -0.4 is 10.1 Å². The van der Waals surface area contributed by atoms with Crippen LogP contribution in [0.4, 0.5) is 0 Å². The van der Waals surface area contributed by atoms with Crippen molar-refractivity contribution < 1.29 is 4.74 Å². The van der Waals surface area contributed by atoms with E-state index in [4.69, 9.17) is 16.3 Å². The molecule has 3 heteroatoms. The van der Waals surface area contributed by atoms with E-state index < -0.39 is 0 Å². The molecule has 1 aromatic rings. The highest BCUT2D eigenvalue weighted by molar-refractivity contribution is 6.31. The monoisotopic (exact) mass is 281 g/mol. The fourth-order valence-electron chi connectivity index (χ4n) is 2.74. The van der Waals surface area contributed by atoms with Gasteiger partial charge in [0.05, 0.1) is 0 Å². The molecular formula is C16H24ClNO. The minimum atomic E-state index is 0.183. The Morgan fingerprint density at radius 3 is 2.68 bits per heavy atom. The van der Waals surface area contributed by atoms with Crippen molar-refractivity contribution >= 4 is 11.6 Å². The molecular weight excluding hydrogens is 258 g/mol. The van der Waals surface area contributed by atoms with Gasteiger partial charge in [-0.1, -0.05) is 39.3 Å². The van der Waals surface area contributed by atoms with Crippen molar-refractivity contribution in [2.45, 2.75) is 52.7 Å². The molecule has 2 atom stereocenters. The van der Waals surface area contributed by atoms with Crippen LogP contribution >= 0.6 is 11.6 Å². The van der Waals surface area contributed by atoms with Crippen molar-refractivity contribution in [2.75, 3.05) is 6.54 Å². The van der Waals surface area contributed by atoms with E-state index in [1.54, 1.807) is 0 Å². The molecule has 1 aliphatic carbocycles. The highest BCUT2D eigenvalue weighted by Gasteiger charge is 2.49. The van der Waals surface area contributed by atoms with Gasteiger partial charge in [-0.2, -0.15) is 0 Å². The Hall–Kier alpha value is -0.730. The summed E-state index contributed by atoms with van der Waals surface area (Å²) in [4.78, 5) is 0. The minimum absolute atomic E-state index is 0.183. The van der Waals surface area contributed by atoms with Crippen LogP contribution in [0.15, 0.2) is 18.2 Å². The summed E-state index contributed by atoms with van der Waals surface area (Å²) < 4.78 is 6.14. The molecule has 0 aromatic heterocycles. The number of halogens is 1. The molecule has 1 aliphatic rings. The Bertz CT molecular complexity index is 444. The van der Waals surface area contributed by atoms with Gasteiger partial charge in [-0.05, 0) is 36.7 Å². The molecule has 0 saturated heterocycles. The molecule has 2 nitrogen and oxygen atoms in total. The van der Waals surface area contributed by atoms with Gasteiger partial charge in [0.25, 0.3) is 0 Å². The van der Waals surface area contributed by atoms with Crippen LogP contribution in [0.25, 0.3) is 0 Å². The van der Waals surface area contributed by atoms with Crippen molar-refractivity contribution in [3.63, 3.8) is 0 Å². The normalized spacial score (nSPS) is 24.9. The zero-order valence-electron chi connectivity index (χ0n) is 12.3. The zero-order valence-corrected chi connectivity index (χ0v) is 13.1. The molecule has 1 aromatic carbocycles. The maximum atomic E-state index is 6.14. The molecule has 1 fully saturated rings. The zero-order chi connectivity index (χ0) is 14.0. The first-order chi connectivity index (χ1) is 8.98. The van der Waals surface area contributed by atoms with Crippen molar-refractivity contribution in [2.24, 2.45) is 5.41 Å². The first-order valence-corrected chi connectivity index (χ1v) is 7.55. The molecule has 1 saturated carbocycles. The van der Waals surface area contributed by atoms with Gasteiger partial charge in [0, 0.05) is 22.9 Å². The smallest absolute Gasteiger partial charge is 0.120 e. The van der Waals surface area contributed by atoms with Crippen LogP contribution in [0, 0.1) is 5.41 Å². The largest absolute Gasteiger partial charge is 0.490 e. The summed E-state index contributed by atoms with van der Waals surface area (Å²) in [6, 6.07) is 6.53. The van der Waals surface area contributed by atoms with Gasteiger partial charge in [-0.15, -0.1) is 0 Å². The summed E-state index contributed by atoms with van der Waals surface area (Å²) in [6.07, 6.45) is 2.29. The number of hydrogen-bond donors (Lipinski definition) is 1. The Kier molecular flexibility index (Phi) is 4.42. The molecule has 0 aliphatic heterocycles. The summed E-state index contributed by atoms with van der Waals surface area (Å²) in [5.74, 6) is 0.939. The van der Waals surface area contributed by atoms with Gasteiger partial charge in [-0.3, -0.25) is 0 Å². The van der Waals surface area contributed by atoms with E-state index in [-0.39, 0.29) is 11.5 Å². The summed E-state index contributed by atoms with van der Waals surface area (Å²) >= 11 is 6.14. The van der Waals surface area contributed by atoms with E-state index in [1.165, 1.54) is 0 Å². The second-order valence-electron chi connectivity index (χ2n) is 5.88. The van der Waals surface area contributed by atoms with Crippen molar-refractivity contribution in [1.29, 1.82) is 0 Å².